The van der Waals surface area contributed by atoms with Gasteiger partial charge in [0, 0.05) is 0 Å². The number of amidine groups is 2. The minimum atomic E-state index is 0. The number of aliphatic imine (C=N–C) groups is 2. The molecule has 0 aromatic carbocycles. The molecule has 2 aliphatic heterocycles. The first-order chi connectivity index (χ1) is 6.77. The van der Waals surface area contributed by atoms with Crippen LogP contribution in [0, 0.1) is 0 Å². The molecule has 0 aliphatic carbocycles. The first-order valence-electron chi connectivity index (χ1n) is 4.76. The number of hydrogen-bond acceptors (Lipinski definition) is 4. The average Bonchev–Trinajstić information content (AvgIpc) is 2.72. The van der Waals surface area contributed by atoms with Gasteiger partial charge in [-0.05, 0) is 24.3 Å². The summed E-state index contributed by atoms with van der Waals surface area (Å²) >= 11 is 0. The van der Waals surface area contributed by atoms with E-state index in [1.807, 2.05) is 23.9 Å². The minimum absolute atomic E-state index is 0. The van der Waals surface area contributed by atoms with E-state index in [1.54, 1.807) is 0 Å². The largest absolute Gasteiger partial charge is 0.269 e. The van der Waals surface area contributed by atoms with E-state index in [0.717, 1.165) is 37.9 Å². The molecule has 0 bridgehead atoms. The Balaban J connectivity index is 0.00000112. The minimum Gasteiger partial charge on any atom is -0.269 e. The molecule has 0 aromatic heterocycles. The van der Waals surface area contributed by atoms with Gasteiger partial charge in [-0.2, -0.15) is 0 Å². The third-order valence-corrected chi connectivity index (χ3v) is 2.31. The molecule has 0 atom stereocenters. The summed E-state index contributed by atoms with van der Waals surface area (Å²) < 4.78 is 0. The van der Waals surface area contributed by atoms with E-state index in [1.165, 1.54) is 0 Å². The maximum atomic E-state index is 4.22. The normalized spacial score (nSPS) is 19.4. The third kappa shape index (κ3) is 3.31. The van der Waals surface area contributed by atoms with Gasteiger partial charge in [0.1, 0.15) is 11.7 Å². The van der Waals surface area contributed by atoms with Gasteiger partial charge in [-0.1, -0.05) is 0 Å². The van der Waals surface area contributed by atoms with E-state index in [0.29, 0.717) is 0 Å². The summed E-state index contributed by atoms with van der Waals surface area (Å²) in [5.74, 6) is 1.87. The van der Waals surface area contributed by atoms with Gasteiger partial charge in [0.15, 0.2) is 0 Å². The Morgan fingerprint density at radius 1 is 0.875 bits per heavy atom. The smallest absolute Gasteiger partial charge is 0.118 e. The van der Waals surface area contributed by atoms with Gasteiger partial charge >= 0.3 is 0 Å². The molecule has 6 nitrogen and oxygen atoms in total. The van der Waals surface area contributed by atoms with Gasteiger partial charge in [0.05, 0.1) is 26.2 Å². The van der Waals surface area contributed by atoms with Crippen molar-refractivity contribution in [1.29, 1.82) is 0 Å². The predicted molar refractivity (Wildman–Crippen MR) is 68.7 cm³/mol. The van der Waals surface area contributed by atoms with E-state index in [9.17, 15) is 0 Å². The standard InChI is InChI=1S/C8H14N6.2ClH/c1-7-9-3-5-13(7)11-12-14-6-4-10-8(14)2;;/h3-6H2,1-2H3;2*1H. The molecule has 0 radical (unpaired) electrons. The molecule has 2 heterocycles. The fourth-order valence-electron chi connectivity index (χ4n) is 1.42. The highest BCUT2D eigenvalue weighted by Crippen LogP contribution is 2.06. The second-order valence-electron chi connectivity index (χ2n) is 3.28. The molecule has 2 rings (SSSR count). The summed E-state index contributed by atoms with van der Waals surface area (Å²) in [5, 5.41) is 11.8. The fraction of sp³-hybridized carbons (Fsp3) is 0.750. The van der Waals surface area contributed by atoms with E-state index < -0.39 is 0 Å². The lowest BCUT2D eigenvalue weighted by atomic mass is 10.6. The van der Waals surface area contributed by atoms with Gasteiger partial charge in [-0.3, -0.25) is 9.98 Å². The van der Waals surface area contributed by atoms with Crippen molar-refractivity contribution in [2.75, 3.05) is 26.2 Å². The van der Waals surface area contributed by atoms with Crippen LogP contribution in [0.3, 0.4) is 0 Å². The van der Waals surface area contributed by atoms with Crippen LogP contribution in [0.15, 0.2) is 20.4 Å². The molecule has 0 aromatic rings. The van der Waals surface area contributed by atoms with Crippen LogP contribution in [0.2, 0.25) is 0 Å². The highest BCUT2D eigenvalue weighted by molar-refractivity contribution is 5.85. The van der Waals surface area contributed by atoms with Gasteiger partial charge in [0.25, 0.3) is 0 Å². The quantitative estimate of drug-likeness (QED) is 0.713. The van der Waals surface area contributed by atoms with Crippen LogP contribution in [0.1, 0.15) is 13.8 Å². The van der Waals surface area contributed by atoms with Crippen LogP contribution in [0.5, 0.6) is 0 Å². The number of nitrogens with zero attached hydrogens (tertiary/aromatic N) is 6. The Labute approximate surface area is 107 Å². The average molecular weight is 267 g/mol. The van der Waals surface area contributed by atoms with E-state index in [2.05, 4.69) is 20.4 Å². The Morgan fingerprint density at radius 3 is 1.50 bits per heavy atom. The third-order valence-electron chi connectivity index (χ3n) is 2.31. The summed E-state index contributed by atoms with van der Waals surface area (Å²) in [4.78, 5) is 8.44. The number of hydrogen-bond donors (Lipinski definition) is 0. The Morgan fingerprint density at radius 2 is 1.25 bits per heavy atom. The molecule has 8 heteroatoms. The summed E-state index contributed by atoms with van der Waals surface area (Å²) in [5.41, 5.74) is 0. The van der Waals surface area contributed by atoms with Crippen LogP contribution in [0.4, 0.5) is 0 Å². The van der Waals surface area contributed by atoms with E-state index >= 15 is 0 Å². The Bertz CT molecular complexity index is 284. The monoisotopic (exact) mass is 266 g/mol. The highest BCUT2D eigenvalue weighted by atomic mass is 35.5. The number of rotatable bonds is 2. The molecule has 0 fully saturated rings. The van der Waals surface area contributed by atoms with Crippen molar-refractivity contribution in [3.8, 4) is 0 Å². The molecule has 16 heavy (non-hydrogen) atoms. The van der Waals surface area contributed by atoms with Crippen molar-refractivity contribution in [3.63, 3.8) is 0 Å². The lowest BCUT2D eigenvalue weighted by Crippen LogP contribution is -2.23. The molecule has 2 aliphatic rings. The maximum Gasteiger partial charge on any atom is 0.118 e. The van der Waals surface area contributed by atoms with Crippen molar-refractivity contribution < 1.29 is 0 Å². The van der Waals surface area contributed by atoms with Gasteiger partial charge in [-0.25, -0.2) is 10.0 Å². The number of halogens is 2. The van der Waals surface area contributed by atoms with Crippen molar-refractivity contribution in [1.82, 2.24) is 10.0 Å². The zero-order chi connectivity index (χ0) is 9.97. The molecular formula is C8H16Cl2N6. The Hall–Kier alpha value is -0.880. The van der Waals surface area contributed by atoms with Gasteiger partial charge < -0.3 is 0 Å². The predicted octanol–water partition coefficient (Wildman–Crippen LogP) is 1.58. The molecule has 0 spiro atoms. The molecule has 0 amide bonds. The van der Waals surface area contributed by atoms with E-state index in [4.69, 9.17) is 0 Å². The molecule has 0 saturated heterocycles. The van der Waals surface area contributed by atoms with Crippen molar-refractivity contribution in [2.24, 2.45) is 20.4 Å². The molecule has 0 N–H and O–H groups in total. The van der Waals surface area contributed by atoms with Crippen molar-refractivity contribution >= 4 is 36.5 Å². The second-order valence-corrected chi connectivity index (χ2v) is 3.28. The summed E-state index contributed by atoms with van der Waals surface area (Å²) in [7, 11) is 0. The second kappa shape index (κ2) is 6.65. The fourth-order valence-corrected chi connectivity index (χ4v) is 1.42. The summed E-state index contributed by atoms with van der Waals surface area (Å²) in [6.07, 6.45) is 0. The van der Waals surface area contributed by atoms with Crippen LogP contribution >= 0.6 is 24.8 Å². The zero-order valence-corrected chi connectivity index (χ0v) is 11.0. The first kappa shape index (κ1) is 15.1. The van der Waals surface area contributed by atoms with Crippen molar-refractivity contribution in [3.05, 3.63) is 0 Å². The van der Waals surface area contributed by atoms with Crippen LogP contribution < -0.4 is 0 Å². The van der Waals surface area contributed by atoms with Gasteiger partial charge in [-0.15, -0.1) is 24.8 Å². The lowest BCUT2D eigenvalue weighted by Gasteiger charge is -2.12. The van der Waals surface area contributed by atoms with E-state index in [-0.39, 0.29) is 24.8 Å². The van der Waals surface area contributed by atoms with Gasteiger partial charge in [0.2, 0.25) is 0 Å². The zero-order valence-electron chi connectivity index (χ0n) is 9.33. The summed E-state index contributed by atoms with van der Waals surface area (Å²) in [6.45, 7) is 7.18. The first-order valence-corrected chi connectivity index (χ1v) is 4.76. The summed E-state index contributed by atoms with van der Waals surface area (Å²) in [6, 6.07) is 0. The molecular weight excluding hydrogens is 251 g/mol. The molecule has 92 valence electrons. The maximum absolute atomic E-state index is 4.22. The van der Waals surface area contributed by atoms with Crippen LogP contribution in [-0.2, 0) is 0 Å². The SMILES string of the molecule is CC1=NCCN1N=NN1CCN=C1C.Cl.Cl. The molecule has 0 unspecified atom stereocenters. The molecule has 0 saturated carbocycles. The topological polar surface area (TPSA) is 55.9 Å². The van der Waals surface area contributed by atoms with Crippen molar-refractivity contribution in [2.45, 2.75) is 13.8 Å². The van der Waals surface area contributed by atoms with Crippen LogP contribution in [-0.4, -0.2) is 47.9 Å². The lowest BCUT2D eigenvalue weighted by molar-refractivity contribution is 0.360. The van der Waals surface area contributed by atoms with Crippen LogP contribution in [0.25, 0.3) is 0 Å². The Kier molecular flexibility index (Phi) is 6.28. The highest BCUT2D eigenvalue weighted by Gasteiger charge is 2.14.